The summed E-state index contributed by atoms with van der Waals surface area (Å²) in [5, 5.41) is 33.2. The molecule has 0 heterocycles. The van der Waals surface area contributed by atoms with Crippen molar-refractivity contribution in [2.24, 2.45) is 0 Å². The van der Waals surface area contributed by atoms with Gasteiger partial charge < -0.3 is 20.6 Å². The SMILES string of the molecule is CCCCCCCCCCCCCCCC/C=C\CCCCCCCCCCCCCCCCCCC(O)C(=O)NC(CO)C(O)CCCCCCCCCCC. The summed E-state index contributed by atoms with van der Waals surface area (Å²) in [7, 11) is 0. The van der Waals surface area contributed by atoms with Gasteiger partial charge in [-0.1, -0.05) is 264 Å². The van der Waals surface area contributed by atoms with Gasteiger partial charge in [0, 0.05) is 0 Å². The first-order chi connectivity index (χ1) is 28.1. The number of carbonyl (C=O) groups is 1. The quantitative estimate of drug-likeness (QED) is 0.0364. The molecule has 0 rings (SSSR count). The average molecular weight is 806 g/mol. The van der Waals surface area contributed by atoms with Crippen LogP contribution < -0.4 is 5.32 Å². The highest BCUT2D eigenvalue weighted by Crippen LogP contribution is 2.17. The van der Waals surface area contributed by atoms with E-state index in [1.807, 2.05) is 0 Å². The number of carbonyl (C=O) groups excluding carboxylic acids is 1. The van der Waals surface area contributed by atoms with E-state index in [4.69, 9.17) is 0 Å². The third kappa shape index (κ3) is 43.0. The lowest BCUT2D eigenvalue weighted by atomic mass is 10.0. The molecule has 5 heteroatoms. The molecule has 340 valence electrons. The molecule has 0 saturated heterocycles. The zero-order valence-corrected chi connectivity index (χ0v) is 38.7. The summed E-state index contributed by atoms with van der Waals surface area (Å²) < 4.78 is 0. The van der Waals surface area contributed by atoms with E-state index in [0.29, 0.717) is 12.8 Å². The first kappa shape index (κ1) is 56.1. The van der Waals surface area contributed by atoms with Gasteiger partial charge in [0.05, 0.1) is 18.8 Å². The van der Waals surface area contributed by atoms with Crippen molar-refractivity contribution < 1.29 is 20.1 Å². The van der Waals surface area contributed by atoms with Crippen molar-refractivity contribution in [2.45, 2.75) is 308 Å². The zero-order chi connectivity index (χ0) is 41.5. The van der Waals surface area contributed by atoms with Crippen molar-refractivity contribution in [3.8, 4) is 0 Å². The van der Waals surface area contributed by atoms with Crippen LogP contribution in [0.3, 0.4) is 0 Å². The van der Waals surface area contributed by atoms with Gasteiger partial charge in [0.25, 0.3) is 0 Å². The van der Waals surface area contributed by atoms with Crippen molar-refractivity contribution in [1.29, 1.82) is 0 Å². The molecule has 0 aliphatic rings. The van der Waals surface area contributed by atoms with Gasteiger partial charge in [0.2, 0.25) is 5.91 Å². The van der Waals surface area contributed by atoms with E-state index in [1.54, 1.807) is 0 Å². The molecular weight excluding hydrogens is 703 g/mol. The lowest BCUT2D eigenvalue weighted by Crippen LogP contribution is -2.49. The van der Waals surface area contributed by atoms with Crippen molar-refractivity contribution in [2.75, 3.05) is 6.61 Å². The fourth-order valence-corrected chi connectivity index (χ4v) is 8.31. The Balaban J connectivity index is 3.42. The molecule has 0 aliphatic heterocycles. The van der Waals surface area contributed by atoms with E-state index < -0.39 is 24.2 Å². The Hall–Kier alpha value is -0.910. The topological polar surface area (TPSA) is 89.8 Å². The molecule has 0 aromatic carbocycles. The smallest absolute Gasteiger partial charge is 0.249 e. The van der Waals surface area contributed by atoms with Crippen LogP contribution in [0.15, 0.2) is 12.2 Å². The molecular formula is C52H103NO4. The summed E-state index contributed by atoms with van der Waals surface area (Å²) in [6, 6.07) is -0.706. The van der Waals surface area contributed by atoms with E-state index in [1.165, 1.54) is 231 Å². The number of rotatable bonds is 48. The molecule has 0 aliphatic carbocycles. The van der Waals surface area contributed by atoms with Crippen LogP contribution in [0.4, 0.5) is 0 Å². The minimum atomic E-state index is -1.07. The van der Waals surface area contributed by atoms with Gasteiger partial charge >= 0.3 is 0 Å². The van der Waals surface area contributed by atoms with Gasteiger partial charge in [-0.2, -0.15) is 0 Å². The van der Waals surface area contributed by atoms with E-state index in [-0.39, 0.29) is 6.61 Å². The molecule has 3 atom stereocenters. The first-order valence-corrected chi connectivity index (χ1v) is 26.0. The highest BCUT2D eigenvalue weighted by molar-refractivity contribution is 5.80. The Morgan fingerprint density at radius 2 is 0.667 bits per heavy atom. The van der Waals surface area contributed by atoms with Crippen molar-refractivity contribution in [3.63, 3.8) is 0 Å². The number of hydrogen-bond acceptors (Lipinski definition) is 4. The Bertz CT molecular complexity index is 803. The van der Waals surface area contributed by atoms with Gasteiger partial charge in [0.1, 0.15) is 6.10 Å². The third-order valence-electron chi connectivity index (χ3n) is 12.4. The second-order valence-electron chi connectivity index (χ2n) is 18.1. The number of nitrogens with one attached hydrogen (secondary N) is 1. The second-order valence-corrected chi connectivity index (χ2v) is 18.1. The minimum absolute atomic E-state index is 0.310. The molecule has 0 fully saturated rings. The van der Waals surface area contributed by atoms with Crippen LogP contribution in [0.2, 0.25) is 0 Å². The Kier molecular flexibility index (Phi) is 47.0. The number of amides is 1. The summed E-state index contributed by atoms with van der Waals surface area (Å²) in [6.07, 6.45) is 58.4. The summed E-state index contributed by atoms with van der Waals surface area (Å²) >= 11 is 0. The summed E-state index contributed by atoms with van der Waals surface area (Å²) in [5.41, 5.74) is 0. The predicted molar refractivity (Wildman–Crippen MR) is 250 cm³/mol. The fourth-order valence-electron chi connectivity index (χ4n) is 8.31. The van der Waals surface area contributed by atoms with E-state index in [2.05, 4.69) is 31.3 Å². The lowest BCUT2D eigenvalue weighted by Gasteiger charge is -2.23. The largest absolute Gasteiger partial charge is 0.394 e. The fraction of sp³-hybridized carbons (Fsp3) is 0.942. The van der Waals surface area contributed by atoms with E-state index in [0.717, 1.165) is 32.1 Å². The van der Waals surface area contributed by atoms with Crippen LogP contribution in [0.5, 0.6) is 0 Å². The highest BCUT2D eigenvalue weighted by Gasteiger charge is 2.23. The third-order valence-corrected chi connectivity index (χ3v) is 12.4. The van der Waals surface area contributed by atoms with Crippen molar-refractivity contribution >= 4 is 5.91 Å². The molecule has 5 nitrogen and oxygen atoms in total. The predicted octanol–water partition coefficient (Wildman–Crippen LogP) is 15.6. The summed E-state index contributed by atoms with van der Waals surface area (Å²) in [6.45, 7) is 4.22. The number of aliphatic hydroxyl groups is 3. The molecule has 0 aromatic heterocycles. The van der Waals surface area contributed by atoms with Crippen LogP contribution in [0.25, 0.3) is 0 Å². The van der Waals surface area contributed by atoms with Crippen LogP contribution in [0, 0.1) is 0 Å². The zero-order valence-electron chi connectivity index (χ0n) is 38.7. The molecule has 0 spiro atoms. The molecule has 0 aromatic rings. The Labute approximate surface area is 357 Å². The average Bonchev–Trinajstić information content (AvgIpc) is 3.22. The van der Waals surface area contributed by atoms with Gasteiger partial charge in [-0.15, -0.1) is 0 Å². The van der Waals surface area contributed by atoms with Crippen LogP contribution >= 0.6 is 0 Å². The van der Waals surface area contributed by atoms with Crippen molar-refractivity contribution in [1.82, 2.24) is 5.32 Å². The molecule has 0 bridgehead atoms. The van der Waals surface area contributed by atoms with Gasteiger partial charge in [-0.25, -0.2) is 0 Å². The van der Waals surface area contributed by atoms with Gasteiger partial charge in [0.15, 0.2) is 0 Å². The molecule has 4 N–H and O–H groups in total. The van der Waals surface area contributed by atoms with Crippen LogP contribution in [-0.4, -0.2) is 46.1 Å². The number of aliphatic hydroxyl groups excluding tert-OH is 3. The van der Waals surface area contributed by atoms with Crippen LogP contribution in [-0.2, 0) is 4.79 Å². The Morgan fingerprint density at radius 1 is 0.404 bits per heavy atom. The summed E-state index contributed by atoms with van der Waals surface area (Å²) in [4.78, 5) is 12.5. The monoisotopic (exact) mass is 806 g/mol. The summed E-state index contributed by atoms with van der Waals surface area (Å²) in [5.74, 6) is -0.469. The molecule has 3 unspecified atom stereocenters. The Morgan fingerprint density at radius 3 is 0.965 bits per heavy atom. The van der Waals surface area contributed by atoms with E-state index in [9.17, 15) is 20.1 Å². The maximum Gasteiger partial charge on any atom is 0.249 e. The highest BCUT2D eigenvalue weighted by atomic mass is 16.3. The number of allylic oxidation sites excluding steroid dienone is 2. The van der Waals surface area contributed by atoms with E-state index >= 15 is 0 Å². The standard InChI is InChI=1S/C52H103NO4/c1-3-5-7-9-11-13-14-15-16-17-18-19-20-21-22-23-24-25-26-27-28-29-30-31-32-33-34-35-36-37-39-41-43-45-47-51(56)52(57)53-49(48-54)50(55)46-44-42-40-38-12-10-8-6-4-2/h23-24,49-51,54-56H,3-22,25-48H2,1-2H3,(H,53,57)/b24-23-. The number of hydrogen-bond donors (Lipinski definition) is 4. The molecule has 0 radical (unpaired) electrons. The van der Waals surface area contributed by atoms with Crippen LogP contribution in [0.1, 0.15) is 290 Å². The molecule has 1 amide bonds. The van der Waals surface area contributed by atoms with Crippen molar-refractivity contribution in [3.05, 3.63) is 12.2 Å². The lowest BCUT2D eigenvalue weighted by molar-refractivity contribution is -0.131. The minimum Gasteiger partial charge on any atom is -0.394 e. The second kappa shape index (κ2) is 47.8. The number of unbranched alkanes of at least 4 members (excludes halogenated alkanes) is 38. The maximum atomic E-state index is 12.5. The first-order valence-electron chi connectivity index (χ1n) is 26.0. The molecule has 57 heavy (non-hydrogen) atoms. The normalized spacial score (nSPS) is 13.4. The molecule has 0 saturated carbocycles. The maximum absolute atomic E-state index is 12.5. The van der Waals surface area contributed by atoms with Gasteiger partial charge in [-0.05, 0) is 38.5 Å². The van der Waals surface area contributed by atoms with Gasteiger partial charge in [-0.3, -0.25) is 4.79 Å².